The lowest BCUT2D eigenvalue weighted by atomic mass is 9.73. The van der Waals surface area contributed by atoms with Crippen molar-refractivity contribution in [3.63, 3.8) is 0 Å². The zero-order valence-corrected chi connectivity index (χ0v) is 33.6. The van der Waals surface area contributed by atoms with E-state index in [1.165, 1.54) is 25.3 Å². The Morgan fingerprint density at radius 2 is 1.71 bits per heavy atom. The Labute approximate surface area is 329 Å². The van der Waals surface area contributed by atoms with Gasteiger partial charge in [-0.25, -0.2) is 14.4 Å². The van der Waals surface area contributed by atoms with Crippen molar-refractivity contribution in [3.8, 4) is 11.3 Å². The number of fused-ring (bicyclic) bond motifs is 3. The molecule has 11 nitrogen and oxygen atoms in total. The van der Waals surface area contributed by atoms with E-state index in [4.69, 9.17) is 9.97 Å². The van der Waals surface area contributed by atoms with Crippen molar-refractivity contribution in [2.75, 3.05) is 36.4 Å². The molecular formula is C44H55FN8O3. The van der Waals surface area contributed by atoms with Crippen LogP contribution in [0.3, 0.4) is 0 Å². The van der Waals surface area contributed by atoms with E-state index in [1.54, 1.807) is 26.2 Å². The summed E-state index contributed by atoms with van der Waals surface area (Å²) >= 11 is 0. The molecule has 12 heteroatoms. The molecule has 3 amide bonds. The molecule has 2 aromatic carbocycles. The van der Waals surface area contributed by atoms with Gasteiger partial charge in [-0.1, -0.05) is 25.5 Å². The lowest BCUT2D eigenvalue weighted by Gasteiger charge is -2.48. The van der Waals surface area contributed by atoms with Crippen LogP contribution >= 0.6 is 0 Å². The molecule has 56 heavy (non-hydrogen) atoms. The highest BCUT2D eigenvalue weighted by molar-refractivity contribution is 6.09. The molecule has 0 unspecified atom stereocenters. The molecule has 296 valence electrons. The number of rotatable bonds is 9. The molecule has 1 atom stereocenters. The van der Waals surface area contributed by atoms with Gasteiger partial charge in [0.2, 0.25) is 11.8 Å². The average Bonchev–Trinajstić information content (AvgIpc) is 3.70. The Bertz CT molecular complexity index is 2180. The largest absolute Gasteiger partial charge is 0.350 e. The third-order valence-corrected chi connectivity index (χ3v) is 13.0. The molecule has 3 fully saturated rings. The highest BCUT2D eigenvalue weighted by atomic mass is 19.1. The summed E-state index contributed by atoms with van der Waals surface area (Å²) in [6.45, 7) is 14.8. The van der Waals surface area contributed by atoms with Crippen molar-refractivity contribution in [2.24, 2.45) is 0 Å². The molecule has 4 aromatic rings. The Kier molecular flexibility index (Phi) is 10.1. The molecule has 3 aliphatic heterocycles. The number of likely N-dealkylation sites (tertiary alicyclic amines) is 2. The number of hydrogen-bond acceptors (Lipinski definition) is 7. The third kappa shape index (κ3) is 6.63. The van der Waals surface area contributed by atoms with Crippen LogP contribution < -0.4 is 15.5 Å². The number of hydrogen-bond donors (Lipinski definition) is 2. The van der Waals surface area contributed by atoms with Crippen molar-refractivity contribution in [1.82, 2.24) is 29.7 Å². The minimum atomic E-state index is -0.669. The quantitative estimate of drug-likeness (QED) is 0.180. The number of nitrogens with zero attached hydrogens (tertiary/aromatic N) is 6. The maximum Gasteiger partial charge on any atom is 0.251 e. The van der Waals surface area contributed by atoms with E-state index in [-0.39, 0.29) is 41.5 Å². The summed E-state index contributed by atoms with van der Waals surface area (Å²) < 4.78 is 17.8. The topological polar surface area (TPSA) is 116 Å². The predicted octanol–water partition coefficient (Wildman–Crippen LogP) is 7.64. The van der Waals surface area contributed by atoms with Crippen LogP contribution in [-0.2, 0) is 15.0 Å². The van der Waals surface area contributed by atoms with Crippen LogP contribution in [0, 0.1) is 12.7 Å². The summed E-state index contributed by atoms with van der Waals surface area (Å²) in [5.41, 5.74) is 5.25. The van der Waals surface area contributed by atoms with Crippen LogP contribution in [0.2, 0.25) is 0 Å². The van der Waals surface area contributed by atoms with Crippen LogP contribution in [-0.4, -0.2) is 86.4 Å². The number of amides is 3. The lowest BCUT2D eigenvalue weighted by molar-refractivity contribution is -0.134. The number of pyridine rings is 1. The minimum absolute atomic E-state index is 0.0242. The predicted molar refractivity (Wildman–Crippen MR) is 218 cm³/mol. The van der Waals surface area contributed by atoms with Crippen LogP contribution in [0.5, 0.6) is 0 Å². The first-order chi connectivity index (χ1) is 26.9. The van der Waals surface area contributed by atoms with Crippen molar-refractivity contribution < 1.29 is 18.8 Å². The Balaban J connectivity index is 1.18. The van der Waals surface area contributed by atoms with Crippen molar-refractivity contribution in [1.29, 1.82) is 0 Å². The highest BCUT2D eigenvalue weighted by Gasteiger charge is 2.55. The number of aryl methyl sites for hydroxylation is 1. The normalized spacial score (nSPS) is 21.4. The second kappa shape index (κ2) is 14.9. The molecule has 2 aromatic heterocycles. The molecular weight excluding hydrogens is 708 g/mol. The third-order valence-electron chi connectivity index (χ3n) is 13.0. The van der Waals surface area contributed by atoms with E-state index >= 15 is 4.39 Å². The molecule has 4 aliphatic rings. The van der Waals surface area contributed by atoms with Crippen molar-refractivity contribution in [3.05, 3.63) is 65.2 Å². The van der Waals surface area contributed by atoms with Crippen LogP contribution in [0.15, 0.2) is 42.7 Å². The molecule has 5 heterocycles. The van der Waals surface area contributed by atoms with Crippen molar-refractivity contribution >= 4 is 45.9 Å². The summed E-state index contributed by atoms with van der Waals surface area (Å²) in [5.74, 6) is -0.128. The van der Waals surface area contributed by atoms with E-state index in [1.807, 2.05) is 35.4 Å². The number of benzene rings is 2. The smallest absolute Gasteiger partial charge is 0.251 e. The van der Waals surface area contributed by atoms with Crippen molar-refractivity contribution in [2.45, 2.75) is 122 Å². The Morgan fingerprint density at radius 1 is 0.982 bits per heavy atom. The SMILES string of the molecule is CC[C@H](C)NC(=O)c1cc(Nc2nc(-c3ccc4c(c3)N([C@H]3C[C@@H](N5CCCCC5)C3)C(=O)C43CCN(C(C)=O)CC3)cc3ncn(C(C)C)c23)c(F)cc1C. The van der Waals surface area contributed by atoms with Gasteiger partial charge in [-0.05, 0) is 121 Å². The van der Waals surface area contributed by atoms with E-state index in [2.05, 4.69) is 46.4 Å². The fourth-order valence-corrected chi connectivity index (χ4v) is 9.38. The molecule has 1 saturated carbocycles. The maximum atomic E-state index is 15.7. The van der Waals surface area contributed by atoms with Gasteiger partial charge in [0.05, 0.1) is 28.6 Å². The molecule has 2 N–H and O–H groups in total. The summed E-state index contributed by atoms with van der Waals surface area (Å²) in [7, 11) is 0. The molecule has 1 spiro atoms. The molecule has 0 radical (unpaired) electrons. The number of halogens is 1. The van der Waals surface area contributed by atoms with Gasteiger partial charge in [-0.3, -0.25) is 14.4 Å². The summed E-state index contributed by atoms with van der Waals surface area (Å²) in [5, 5.41) is 6.27. The summed E-state index contributed by atoms with van der Waals surface area (Å²) in [6.07, 6.45) is 9.42. The second-order valence-corrected chi connectivity index (χ2v) is 16.9. The van der Waals surface area contributed by atoms with E-state index in [0.717, 1.165) is 54.7 Å². The number of anilines is 3. The first-order valence-corrected chi connectivity index (χ1v) is 20.6. The van der Waals surface area contributed by atoms with E-state index < -0.39 is 11.2 Å². The Hall–Kier alpha value is -4.84. The number of nitrogens with one attached hydrogen (secondary N) is 2. The first kappa shape index (κ1) is 38.1. The van der Waals surface area contributed by atoms with Gasteiger partial charge in [0.15, 0.2) is 5.82 Å². The van der Waals surface area contributed by atoms with Gasteiger partial charge in [0.1, 0.15) is 11.3 Å². The number of piperidine rings is 2. The Morgan fingerprint density at radius 3 is 2.39 bits per heavy atom. The molecule has 8 rings (SSSR count). The number of carbonyl (C=O) groups excluding carboxylic acids is 3. The fraction of sp³-hybridized carbons (Fsp3) is 0.523. The number of carbonyl (C=O) groups is 3. The van der Waals surface area contributed by atoms with Gasteiger partial charge >= 0.3 is 0 Å². The highest BCUT2D eigenvalue weighted by Crippen LogP contribution is 2.52. The number of aromatic nitrogens is 3. The molecule has 0 bridgehead atoms. The first-order valence-electron chi connectivity index (χ1n) is 20.6. The fourth-order valence-electron chi connectivity index (χ4n) is 9.38. The van der Waals surface area contributed by atoms with Crippen LogP contribution in [0.25, 0.3) is 22.3 Å². The van der Waals surface area contributed by atoms with Gasteiger partial charge in [-0.2, -0.15) is 0 Å². The standard InChI is InChI=1S/C44H55FN8O3/c1-7-28(5)47-42(55)33-23-37(35(45)19-27(33)4)49-41-40-38(46-25-52(40)26(2)3)24-36(48-41)30-11-12-34-39(20-30)53(32-21-31(22-32)51-15-9-8-10-16-51)43(56)44(34)13-17-50(18-14-44)29(6)54/h11-12,19-20,23-26,28,31-32H,7-10,13-18,21-22H2,1-6H3,(H,47,55)(H,48,49)/t28-,31-,32+/m0/s1. The minimum Gasteiger partial charge on any atom is -0.350 e. The van der Waals surface area contributed by atoms with Gasteiger partial charge in [0.25, 0.3) is 5.91 Å². The van der Waals surface area contributed by atoms with Crippen LogP contribution in [0.1, 0.15) is 114 Å². The summed E-state index contributed by atoms with van der Waals surface area (Å²) in [4.78, 5) is 56.8. The van der Waals surface area contributed by atoms with Gasteiger partial charge in [0, 0.05) is 61.0 Å². The zero-order chi connectivity index (χ0) is 39.5. The van der Waals surface area contributed by atoms with Crippen LogP contribution in [0.4, 0.5) is 21.6 Å². The van der Waals surface area contributed by atoms with E-state index in [0.29, 0.717) is 60.1 Å². The average molecular weight is 763 g/mol. The molecule has 2 saturated heterocycles. The van der Waals surface area contributed by atoms with Gasteiger partial charge in [-0.15, -0.1) is 0 Å². The number of imidazole rings is 1. The second-order valence-electron chi connectivity index (χ2n) is 16.9. The van der Waals surface area contributed by atoms with E-state index in [9.17, 15) is 14.4 Å². The monoisotopic (exact) mass is 762 g/mol. The summed E-state index contributed by atoms with van der Waals surface area (Å²) in [6, 6.07) is 11.8. The van der Waals surface area contributed by atoms with Gasteiger partial charge < -0.3 is 29.9 Å². The maximum absolute atomic E-state index is 15.7. The molecule has 1 aliphatic carbocycles. The zero-order valence-electron chi connectivity index (χ0n) is 33.6. The lowest BCUT2D eigenvalue weighted by Crippen LogP contribution is -2.58.